The fourth-order valence-electron chi connectivity index (χ4n) is 3.07. The van der Waals surface area contributed by atoms with Crippen molar-refractivity contribution < 1.29 is 14.3 Å². The number of rotatable bonds is 5. The topological polar surface area (TPSA) is 64.4 Å². The van der Waals surface area contributed by atoms with Gasteiger partial charge in [-0.2, -0.15) is 0 Å². The Bertz CT molecular complexity index is 950. The van der Waals surface area contributed by atoms with Gasteiger partial charge in [0.25, 0.3) is 0 Å². The number of para-hydroxylation sites is 1. The molecule has 27 heavy (non-hydrogen) atoms. The van der Waals surface area contributed by atoms with Gasteiger partial charge >= 0.3 is 6.09 Å². The summed E-state index contributed by atoms with van der Waals surface area (Å²) in [7, 11) is 2.84. The number of ether oxygens (including phenoxy) is 1. The van der Waals surface area contributed by atoms with Crippen molar-refractivity contribution in [3.63, 3.8) is 0 Å². The van der Waals surface area contributed by atoms with Crippen molar-refractivity contribution in [2.75, 3.05) is 14.2 Å². The molecule has 0 saturated heterocycles. The maximum absolute atomic E-state index is 13.4. The van der Waals surface area contributed by atoms with Crippen LogP contribution in [0.4, 0.5) is 4.79 Å². The van der Waals surface area contributed by atoms with Crippen LogP contribution in [0.5, 0.6) is 0 Å². The third-order valence-corrected chi connectivity index (χ3v) is 4.45. The molecular formula is C21H21N3O3. The summed E-state index contributed by atoms with van der Waals surface area (Å²) in [5.41, 5.74) is 2.57. The highest BCUT2D eigenvalue weighted by molar-refractivity contribution is 6.00. The molecule has 0 aliphatic heterocycles. The molecule has 0 N–H and O–H groups in total. The van der Waals surface area contributed by atoms with Gasteiger partial charge in [0.05, 0.1) is 12.8 Å². The second kappa shape index (κ2) is 7.86. The highest BCUT2D eigenvalue weighted by Gasteiger charge is 2.32. The molecule has 2 aromatic carbocycles. The van der Waals surface area contributed by atoms with Gasteiger partial charge in [-0.15, -0.1) is 0 Å². The quantitative estimate of drug-likeness (QED) is 0.647. The van der Waals surface area contributed by atoms with Gasteiger partial charge in [0, 0.05) is 19.4 Å². The van der Waals surface area contributed by atoms with Crippen molar-refractivity contribution in [2.24, 2.45) is 0 Å². The Labute approximate surface area is 158 Å². The number of aryl methyl sites for hydroxylation is 1. The second-order valence-corrected chi connectivity index (χ2v) is 6.17. The first kappa shape index (κ1) is 18.4. The predicted molar refractivity (Wildman–Crippen MR) is 102 cm³/mol. The van der Waals surface area contributed by atoms with E-state index in [1.807, 2.05) is 61.5 Å². The summed E-state index contributed by atoms with van der Waals surface area (Å²) in [6.07, 6.45) is 2.74. The lowest BCUT2D eigenvalue weighted by atomic mass is 10.0. The molecule has 3 rings (SSSR count). The smallest absolute Gasteiger partial charge is 0.410 e. The monoisotopic (exact) mass is 363 g/mol. The summed E-state index contributed by atoms with van der Waals surface area (Å²) in [4.78, 5) is 31.1. The zero-order valence-corrected chi connectivity index (χ0v) is 15.5. The molecule has 0 saturated carbocycles. The van der Waals surface area contributed by atoms with E-state index in [0.717, 1.165) is 11.3 Å². The van der Waals surface area contributed by atoms with Crippen molar-refractivity contribution in [1.82, 2.24) is 14.5 Å². The molecule has 1 aromatic heterocycles. The minimum absolute atomic E-state index is 0.258. The number of imidazole rings is 1. The van der Waals surface area contributed by atoms with Crippen molar-refractivity contribution in [1.29, 1.82) is 0 Å². The first-order valence-corrected chi connectivity index (χ1v) is 8.54. The standard InChI is InChI=1S/C21H21N3O3/c1-15-9-7-8-12-17(15)24-14-13-22-20(24)19(25)18(23(2)21(26)27-3)16-10-5-4-6-11-16/h4-14,18H,1-3H3/t18-/m1/s1. The Morgan fingerprint density at radius 1 is 1.07 bits per heavy atom. The minimum Gasteiger partial charge on any atom is -0.453 e. The van der Waals surface area contributed by atoms with E-state index in [-0.39, 0.29) is 11.6 Å². The lowest BCUT2D eigenvalue weighted by molar-refractivity contribution is 0.0782. The Morgan fingerprint density at radius 2 is 1.74 bits per heavy atom. The van der Waals surface area contributed by atoms with E-state index in [0.29, 0.717) is 5.56 Å². The lowest BCUT2D eigenvalue weighted by Gasteiger charge is -2.26. The first-order valence-electron chi connectivity index (χ1n) is 8.54. The number of hydrogen-bond acceptors (Lipinski definition) is 4. The number of carbonyl (C=O) groups is 2. The molecule has 0 fully saturated rings. The van der Waals surface area contributed by atoms with Crippen LogP contribution in [0.3, 0.4) is 0 Å². The average molecular weight is 363 g/mol. The number of amides is 1. The molecule has 0 radical (unpaired) electrons. The Morgan fingerprint density at radius 3 is 2.41 bits per heavy atom. The van der Waals surface area contributed by atoms with Gasteiger partial charge in [-0.3, -0.25) is 14.3 Å². The van der Waals surface area contributed by atoms with E-state index in [2.05, 4.69) is 4.98 Å². The van der Waals surface area contributed by atoms with Gasteiger partial charge in [-0.25, -0.2) is 9.78 Å². The number of ketones is 1. The van der Waals surface area contributed by atoms with Crippen molar-refractivity contribution in [2.45, 2.75) is 13.0 Å². The zero-order valence-electron chi connectivity index (χ0n) is 15.5. The van der Waals surface area contributed by atoms with E-state index < -0.39 is 12.1 Å². The number of methoxy groups -OCH3 is 1. The molecule has 0 aliphatic rings. The molecule has 1 heterocycles. The largest absolute Gasteiger partial charge is 0.453 e. The predicted octanol–water partition coefficient (Wildman–Crippen LogP) is 3.80. The molecule has 6 nitrogen and oxygen atoms in total. The Balaban J connectivity index is 2.08. The summed E-state index contributed by atoms with van der Waals surface area (Å²) in [6.45, 7) is 1.97. The number of aromatic nitrogens is 2. The molecule has 1 atom stereocenters. The molecule has 0 unspecified atom stereocenters. The molecule has 6 heteroatoms. The van der Waals surface area contributed by atoms with Crippen LogP contribution in [0.25, 0.3) is 5.69 Å². The molecule has 1 amide bonds. The summed E-state index contributed by atoms with van der Waals surface area (Å²) in [6, 6.07) is 16.0. The van der Waals surface area contributed by atoms with Crippen LogP contribution in [0.15, 0.2) is 67.0 Å². The molecule has 0 aliphatic carbocycles. The minimum atomic E-state index is -0.844. The van der Waals surface area contributed by atoms with Crippen molar-refractivity contribution >= 4 is 11.9 Å². The van der Waals surface area contributed by atoms with Crippen LogP contribution in [-0.4, -0.2) is 40.5 Å². The SMILES string of the molecule is COC(=O)N(C)[C@@H](C(=O)c1nccn1-c1ccccc1C)c1ccccc1. The summed E-state index contributed by atoms with van der Waals surface area (Å²) in [5, 5.41) is 0. The maximum atomic E-state index is 13.4. The number of carbonyl (C=O) groups excluding carboxylic acids is 2. The first-order chi connectivity index (χ1) is 13.0. The Hall–Kier alpha value is -3.41. The van der Waals surface area contributed by atoms with E-state index in [9.17, 15) is 9.59 Å². The highest BCUT2D eigenvalue weighted by Crippen LogP contribution is 2.26. The lowest BCUT2D eigenvalue weighted by Crippen LogP contribution is -2.36. The van der Waals surface area contributed by atoms with Crippen LogP contribution < -0.4 is 0 Å². The normalized spacial score (nSPS) is 11.7. The summed E-state index contributed by atoms with van der Waals surface area (Å²) >= 11 is 0. The van der Waals surface area contributed by atoms with Crippen LogP contribution in [0, 0.1) is 6.92 Å². The fraction of sp³-hybridized carbons (Fsp3) is 0.190. The number of likely N-dealkylation sites (N-methyl/N-ethyl adjacent to an activating group) is 1. The van der Waals surface area contributed by atoms with Gasteiger partial charge in [-0.05, 0) is 24.1 Å². The molecule has 0 bridgehead atoms. The Kier molecular flexibility index (Phi) is 5.35. The van der Waals surface area contributed by atoms with Crippen LogP contribution in [0.2, 0.25) is 0 Å². The molecular weight excluding hydrogens is 342 g/mol. The molecule has 3 aromatic rings. The van der Waals surface area contributed by atoms with Gasteiger partial charge < -0.3 is 4.74 Å². The third kappa shape index (κ3) is 3.60. The van der Waals surface area contributed by atoms with Crippen LogP contribution >= 0.6 is 0 Å². The van der Waals surface area contributed by atoms with Crippen LogP contribution in [0.1, 0.15) is 27.8 Å². The summed E-state index contributed by atoms with van der Waals surface area (Å²) < 4.78 is 6.57. The van der Waals surface area contributed by atoms with E-state index in [1.165, 1.54) is 12.0 Å². The van der Waals surface area contributed by atoms with Gasteiger partial charge in [0.15, 0.2) is 5.82 Å². The molecule has 0 spiro atoms. The van der Waals surface area contributed by atoms with Gasteiger partial charge in [0.2, 0.25) is 5.78 Å². The number of Topliss-reactive ketones (excluding diaryl/α,β-unsaturated/α-hetero) is 1. The van der Waals surface area contributed by atoms with E-state index in [1.54, 1.807) is 24.0 Å². The number of nitrogens with zero attached hydrogens (tertiary/aromatic N) is 3. The van der Waals surface area contributed by atoms with Crippen molar-refractivity contribution in [3.8, 4) is 5.69 Å². The second-order valence-electron chi connectivity index (χ2n) is 6.17. The number of hydrogen-bond donors (Lipinski definition) is 0. The maximum Gasteiger partial charge on any atom is 0.410 e. The third-order valence-electron chi connectivity index (χ3n) is 4.45. The van der Waals surface area contributed by atoms with Gasteiger partial charge in [-0.1, -0.05) is 48.5 Å². The van der Waals surface area contributed by atoms with Crippen LogP contribution in [-0.2, 0) is 4.74 Å². The van der Waals surface area contributed by atoms with Gasteiger partial charge in [0.1, 0.15) is 6.04 Å². The fourth-order valence-corrected chi connectivity index (χ4v) is 3.07. The van der Waals surface area contributed by atoms with E-state index >= 15 is 0 Å². The molecule has 138 valence electrons. The average Bonchev–Trinajstić information content (AvgIpc) is 3.18. The van der Waals surface area contributed by atoms with E-state index in [4.69, 9.17) is 4.74 Å². The summed E-state index contributed by atoms with van der Waals surface area (Å²) in [5.74, 6) is -0.0312. The number of benzene rings is 2. The zero-order chi connectivity index (χ0) is 19.4. The van der Waals surface area contributed by atoms with Crippen molar-refractivity contribution in [3.05, 3.63) is 83.9 Å². The highest BCUT2D eigenvalue weighted by atomic mass is 16.5.